The number of carbonyl (C=O) groups is 2. The van der Waals surface area contributed by atoms with E-state index < -0.39 is 23.8 Å². The van der Waals surface area contributed by atoms with E-state index in [0.717, 1.165) is 29.7 Å². The van der Waals surface area contributed by atoms with Crippen LogP contribution < -0.4 is 4.74 Å². The molecule has 28 heavy (non-hydrogen) atoms. The Kier molecular flexibility index (Phi) is 6.72. The normalized spacial score (nSPS) is 12.9. The number of likely N-dealkylation sites (N-methyl/N-ethyl adjacent to an activating group) is 1. The number of hydrogen-bond donors (Lipinski definition) is 0. The molecular formula is C21H30N2O5. The van der Waals surface area contributed by atoms with E-state index in [0.29, 0.717) is 5.52 Å². The molecule has 0 aliphatic heterocycles. The Bertz CT molecular complexity index is 848. The van der Waals surface area contributed by atoms with Gasteiger partial charge in [0.2, 0.25) is 6.29 Å². The first kappa shape index (κ1) is 21.8. The van der Waals surface area contributed by atoms with Crippen molar-refractivity contribution in [2.24, 2.45) is 5.41 Å². The van der Waals surface area contributed by atoms with E-state index in [1.165, 1.54) is 11.5 Å². The van der Waals surface area contributed by atoms with E-state index in [2.05, 4.69) is 4.90 Å². The number of nitrogens with zero attached hydrogens (tertiary/aromatic N) is 2. The van der Waals surface area contributed by atoms with Crippen LogP contribution in [0.5, 0.6) is 5.75 Å². The zero-order valence-electron chi connectivity index (χ0n) is 17.7. The molecule has 2 aromatic rings. The van der Waals surface area contributed by atoms with Crippen LogP contribution in [-0.4, -0.2) is 55.6 Å². The van der Waals surface area contributed by atoms with E-state index in [1.807, 2.05) is 26.2 Å². The number of methoxy groups -OCH3 is 1. The van der Waals surface area contributed by atoms with Crippen LogP contribution in [0.3, 0.4) is 0 Å². The summed E-state index contributed by atoms with van der Waals surface area (Å²) in [5.41, 5.74) is 1.06. The summed E-state index contributed by atoms with van der Waals surface area (Å²) in [7, 11) is 5.61. The topological polar surface area (TPSA) is 70.0 Å². The molecule has 0 fully saturated rings. The van der Waals surface area contributed by atoms with Crippen LogP contribution in [0, 0.1) is 5.41 Å². The van der Waals surface area contributed by atoms with Crippen molar-refractivity contribution in [3.8, 4) is 5.75 Å². The van der Waals surface area contributed by atoms with Crippen LogP contribution in [0.25, 0.3) is 10.9 Å². The standard InChI is InChI=1S/C21H30N2O5/c1-14(27-19(24)21(2,3)4)28-20(25)23-13-15(10-11-22(5)6)17-12-16(26-7)8-9-18(17)23/h8-9,12-14H,10-11H2,1-7H3. The summed E-state index contributed by atoms with van der Waals surface area (Å²) < 4.78 is 17.3. The SMILES string of the molecule is COc1ccc2c(c1)c(CCN(C)C)cn2C(=O)OC(C)OC(=O)C(C)(C)C. The van der Waals surface area contributed by atoms with Crippen LogP contribution in [0.4, 0.5) is 4.79 Å². The fourth-order valence-electron chi connectivity index (χ4n) is 2.65. The Balaban J connectivity index is 2.27. The highest BCUT2D eigenvalue weighted by Gasteiger charge is 2.27. The minimum atomic E-state index is -0.986. The average Bonchev–Trinajstić information content (AvgIpc) is 2.96. The monoisotopic (exact) mass is 390 g/mol. The van der Waals surface area contributed by atoms with Gasteiger partial charge in [-0.25, -0.2) is 4.79 Å². The summed E-state index contributed by atoms with van der Waals surface area (Å²) in [5.74, 6) is 0.291. The Morgan fingerprint density at radius 1 is 1.18 bits per heavy atom. The molecule has 1 atom stereocenters. The van der Waals surface area contributed by atoms with Gasteiger partial charge in [-0.3, -0.25) is 9.36 Å². The quantitative estimate of drug-likeness (QED) is 0.554. The van der Waals surface area contributed by atoms with Gasteiger partial charge in [-0.1, -0.05) is 0 Å². The lowest BCUT2D eigenvalue weighted by Gasteiger charge is -2.20. The van der Waals surface area contributed by atoms with Gasteiger partial charge in [-0.2, -0.15) is 0 Å². The van der Waals surface area contributed by atoms with Crippen LogP contribution in [0.2, 0.25) is 0 Å². The molecule has 1 heterocycles. The zero-order chi connectivity index (χ0) is 21.1. The zero-order valence-corrected chi connectivity index (χ0v) is 17.7. The average molecular weight is 390 g/mol. The number of ether oxygens (including phenoxy) is 3. The molecule has 0 spiro atoms. The highest BCUT2D eigenvalue weighted by Crippen LogP contribution is 2.27. The lowest BCUT2D eigenvalue weighted by molar-refractivity contribution is -0.174. The van der Waals surface area contributed by atoms with E-state index in [4.69, 9.17) is 14.2 Å². The van der Waals surface area contributed by atoms with Crippen LogP contribution >= 0.6 is 0 Å². The molecule has 1 aromatic carbocycles. The number of fused-ring (bicyclic) bond motifs is 1. The van der Waals surface area contributed by atoms with Gasteiger partial charge >= 0.3 is 12.1 Å². The molecule has 0 radical (unpaired) electrons. The number of hydrogen-bond acceptors (Lipinski definition) is 6. The molecule has 0 aliphatic rings. The molecule has 0 N–H and O–H groups in total. The molecule has 0 amide bonds. The van der Waals surface area contributed by atoms with Crippen LogP contribution in [0.15, 0.2) is 24.4 Å². The lowest BCUT2D eigenvalue weighted by atomic mass is 9.97. The summed E-state index contributed by atoms with van der Waals surface area (Å²) in [4.78, 5) is 26.8. The lowest BCUT2D eigenvalue weighted by Crippen LogP contribution is -2.30. The number of carbonyl (C=O) groups excluding carboxylic acids is 2. The highest BCUT2D eigenvalue weighted by atomic mass is 16.7. The number of benzene rings is 1. The van der Waals surface area contributed by atoms with Gasteiger partial charge < -0.3 is 19.1 Å². The number of rotatable bonds is 6. The molecule has 154 valence electrons. The maximum atomic E-state index is 12.7. The minimum Gasteiger partial charge on any atom is -0.497 e. The maximum Gasteiger partial charge on any atom is 0.421 e. The minimum absolute atomic E-state index is 0.429. The van der Waals surface area contributed by atoms with Gasteiger partial charge in [0.25, 0.3) is 0 Å². The summed E-state index contributed by atoms with van der Waals surface area (Å²) in [6.07, 6.45) is 0.959. The Morgan fingerprint density at radius 3 is 2.43 bits per heavy atom. The van der Waals surface area contributed by atoms with Gasteiger partial charge in [-0.05, 0) is 65.0 Å². The molecule has 0 saturated heterocycles. The second-order valence-corrected chi connectivity index (χ2v) is 8.07. The third-order valence-corrected chi connectivity index (χ3v) is 4.27. The fourth-order valence-corrected chi connectivity index (χ4v) is 2.65. The summed E-state index contributed by atoms with van der Waals surface area (Å²) in [5, 5.41) is 0.928. The van der Waals surface area contributed by atoms with Crippen molar-refractivity contribution >= 4 is 23.0 Å². The van der Waals surface area contributed by atoms with Crippen molar-refractivity contribution in [1.29, 1.82) is 0 Å². The van der Waals surface area contributed by atoms with E-state index >= 15 is 0 Å². The van der Waals surface area contributed by atoms with Gasteiger partial charge in [0.1, 0.15) is 5.75 Å². The second-order valence-electron chi connectivity index (χ2n) is 8.07. The Hall–Kier alpha value is -2.54. The van der Waals surface area contributed by atoms with E-state index in [-0.39, 0.29) is 0 Å². The maximum absolute atomic E-state index is 12.7. The van der Waals surface area contributed by atoms with Crippen molar-refractivity contribution in [1.82, 2.24) is 9.47 Å². The fraction of sp³-hybridized carbons (Fsp3) is 0.524. The number of aromatic nitrogens is 1. The Morgan fingerprint density at radius 2 is 1.86 bits per heavy atom. The Labute approximate surface area is 166 Å². The van der Waals surface area contributed by atoms with Crippen molar-refractivity contribution in [3.05, 3.63) is 30.0 Å². The van der Waals surface area contributed by atoms with Gasteiger partial charge in [0.15, 0.2) is 0 Å². The van der Waals surface area contributed by atoms with Gasteiger partial charge in [-0.15, -0.1) is 0 Å². The summed E-state index contributed by atoms with van der Waals surface area (Å²) in [6.45, 7) is 7.60. The second kappa shape index (κ2) is 8.65. The first-order valence-corrected chi connectivity index (χ1v) is 9.27. The van der Waals surface area contributed by atoms with E-state index in [1.54, 1.807) is 40.1 Å². The van der Waals surface area contributed by atoms with E-state index in [9.17, 15) is 9.59 Å². The van der Waals surface area contributed by atoms with Crippen LogP contribution in [0.1, 0.15) is 33.3 Å². The summed E-state index contributed by atoms with van der Waals surface area (Å²) in [6, 6.07) is 5.53. The number of esters is 1. The third-order valence-electron chi connectivity index (χ3n) is 4.27. The molecule has 7 heteroatoms. The molecule has 1 aromatic heterocycles. The van der Waals surface area contributed by atoms with Gasteiger partial charge in [0, 0.05) is 25.1 Å². The molecular weight excluding hydrogens is 360 g/mol. The smallest absolute Gasteiger partial charge is 0.421 e. The van der Waals surface area contributed by atoms with Crippen molar-refractivity contribution in [2.45, 2.75) is 40.4 Å². The van der Waals surface area contributed by atoms with Crippen LogP contribution in [-0.2, 0) is 20.7 Å². The molecule has 0 saturated carbocycles. The predicted octanol–water partition coefficient (Wildman–Crippen LogP) is 3.67. The largest absolute Gasteiger partial charge is 0.497 e. The summed E-state index contributed by atoms with van der Waals surface area (Å²) >= 11 is 0. The third kappa shape index (κ3) is 5.25. The highest BCUT2D eigenvalue weighted by molar-refractivity contribution is 5.93. The van der Waals surface area contributed by atoms with Crippen molar-refractivity contribution in [3.63, 3.8) is 0 Å². The van der Waals surface area contributed by atoms with Crippen molar-refractivity contribution < 1.29 is 23.8 Å². The predicted molar refractivity (Wildman–Crippen MR) is 108 cm³/mol. The molecule has 0 aliphatic carbocycles. The first-order valence-electron chi connectivity index (χ1n) is 9.27. The van der Waals surface area contributed by atoms with Crippen molar-refractivity contribution in [2.75, 3.05) is 27.7 Å². The molecule has 0 bridgehead atoms. The molecule has 7 nitrogen and oxygen atoms in total. The first-order chi connectivity index (χ1) is 13.0. The van der Waals surface area contributed by atoms with Gasteiger partial charge in [0.05, 0.1) is 18.0 Å². The molecule has 2 rings (SSSR count). The molecule has 1 unspecified atom stereocenters.